The summed E-state index contributed by atoms with van der Waals surface area (Å²) >= 11 is 0. The summed E-state index contributed by atoms with van der Waals surface area (Å²) in [6.07, 6.45) is 8.00. The highest BCUT2D eigenvalue weighted by molar-refractivity contribution is 6.00. The SMILES string of the molecule is COCC(C[C@H]1CC(c2ccc(-c3ccc(N4C[C@H](Cn5ccnn5)OC4=O)cc3F)cn2)=NO1)C(=O)O.O=C1O[C@@H](Cn2ccnn2)CN1c1ccc(-c2ccc(C3=NO[C@H](CO)C3)nc2)c(F)c1. The van der Waals surface area contributed by atoms with E-state index in [9.17, 15) is 23.9 Å². The molecule has 1 unspecified atom stereocenters. The number of carbonyl (C=O) groups is 3. The van der Waals surface area contributed by atoms with Gasteiger partial charge in [-0.3, -0.25) is 24.6 Å². The number of aliphatic hydroxyl groups excluding tert-OH is 1. The Labute approximate surface area is 396 Å². The molecule has 2 saturated heterocycles. The number of oxime groups is 2. The Kier molecular flexibility index (Phi) is 14.0. The van der Waals surface area contributed by atoms with Gasteiger partial charge in [-0.1, -0.05) is 32.9 Å². The zero-order valence-electron chi connectivity index (χ0n) is 37.3. The first-order chi connectivity index (χ1) is 34.0. The summed E-state index contributed by atoms with van der Waals surface area (Å²) in [5, 5.41) is 41.6. The van der Waals surface area contributed by atoms with E-state index in [0.29, 0.717) is 82.4 Å². The van der Waals surface area contributed by atoms with Gasteiger partial charge in [0, 0.05) is 73.4 Å². The summed E-state index contributed by atoms with van der Waals surface area (Å²) < 4.78 is 48.9. The monoisotopic (exact) mass is 962 g/mol. The van der Waals surface area contributed by atoms with Gasteiger partial charge in [0.2, 0.25) is 0 Å². The van der Waals surface area contributed by atoms with Crippen molar-refractivity contribution in [2.24, 2.45) is 16.2 Å². The fraction of sp³-hybridized carbons (Fsp3) is 0.326. The third kappa shape index (κ3) is 10.7. The Hall–Kier alpha value is -8.25. The van der Waals surface area contributed by atoms with Crippen molar-refractivity contribution in [1.82, 2.24) is 40.0 Å². The Bertz CT molecular complexity index is 2870. The van der Waals surface area contributed by atoms with Crippen molar-refractivity contribution in [2.45, 2.75) is 56.8 Å². The highest BCUT2D eigenvalue weighted by Gasteiger charge is 2.35. The average Bonchev–Trinajstić information content (AvgIpc) is 4.24. The number of nitrogens with zero attached hydrogens (tertiary/aromatic N) is 12. The summed E-state index contributed by atoms with van der Waals surface area (Å²) in [4.78, 5) is 58.0. The maximum atomic E-state index is 15.1. The van der Waals surface area contributed by atoms with Gasteiger partial charge in [0.05, 0.1) is 80.5 Å². The van der Waals surface area contributed by atoms with Crippen molar-refractivity contribution in [2.75, 3.05) is 43.2 Å². The van der Waals surface area contributed by atoms with E-state index in [-0.39, 0.29) is 44.9 Å². The molecule has 6 aromatic rings. The Morgan fingerprint density at radius 2 is 1.23 bits per heavy atom. The van der Waals surface area contributed by atoms with E-state index in [1.165, 1.54) is 41.4 Å². The number of amides is 2. The van der Waals surface area contributed by atoms with E-state index in [4.69, 9.17) is 29.0 Å². The zero-order chi connectivity index (χ0) is 48.7. The number of anilines is 2. The fourth-order valence-corrected chi connectivity index (χ4v) is 8.13. The van der Waals surface area contributed by atoms with Gasteiger partial charge in [0.1, 0.15) is 41.4 Å². The molecule has 4 aliphatic rings. The smallest absolute Gasteiger partial charge is 0.414 e. The van der Waals surface area contributed by atoms with Crippen LogP contribution in [0.2, 0.25) is 0 Å². The van der Waals surface area contributed by atoms with E-state index < -0.39 is 47.9 Å². The summed E-state index contributed by atoms with van der Waals surface area (Å²) in [7, 11) is 1.45. The molecule has 4 aromatic heterocycles. The van der Waals surface area contributed by atoms with Gasteiger partial charge in [-0.15, -0.1) is 10.2 Å². The first-order valence-corrected chi connectivity index (χ1v) is 22.0. The van der Waals surface area contributed by atoms with Crippen LogP contribution >= 0.6 is 0 Å². The predicted octanol–water partition coefficient (Wildman–Crippen LogP) is 4.72. The number of aliphatic hydroxyl groups is 1. The van der Waals surface area contributed by atoms with E-state index >= 15 is 4.39 Å². The van der Waals surface area contributed by atoms with Gasteiger partial charge in [-0.05, 0) is 48.5 Å². The number of hydrogen-bond acceptors (Lipinski definition) is 17. The largest absolute Gasteiger partial charge is 0.481 e. The molecule has 2 fully saturated rings. The number of halogens is 2. The summed E-state index contributed by atoms with van der Waals surface area (Å²) in [6, 6.07) is 16.0. The standard InChI is InChI=1S/C25H25FN6O6.C21H19FN6O4/c1-36-14-16(24(33)34)8-18-10-23(29-38-18)22-5-2-15(11-27-22)20-4-3-17(9-21(20)26)32-13-19(37-25(32)35)12-31-7-6-28-30-31;22-18-7-14(28-11-16(31-21(28)30)10-27-6-5-24-26-27)2-3-17(18)13-1-4-19(23-9-13)20-8-15(12-29)32-25-20/h2-7,9,11,16,18-19H,8,10,12-14H2,1H3,(H,33,34);1-7,9,15-16,29H,8,10-12H2/t16?,18-,19-;15-,16-/m00/s1. The second-order valence-corrected chi connectivity index (χ2v) is 16.5. The summed E-state index contributed by atoms with van der Waals surface area (Å²) in [6.45, 7) is 1.24. The molecule has 0 spiro atoms. The predicted molar refractivity (Wildman–Crippen MR) is 241 cm³/mol. The molecule has 10 rings (SSSR count). The Morgan fingerprint density at radius 1 is 0.729 bits per heavy atom. The van der Waals surface area contributed by atoms with Crippen LogP contribution in [0.25, 0.3) is 22.3 Å². The number of aliphatic carboxylic acids is 1. The lowest BCUT2D eigenvalue weighted by Gasteiger charge is -2.15. The second-order valence-electron chi connectivity index (χ2n) is 16.5. The molecule has 0 saturated carbocycles. The number of rotatable bonds is 16. The van der Waals surface area contributed by atoms with Crippen LogP contribution in [0.3, 0.4) is 0 Å². The molecule has 362 valence electrons. The van der Waals surface area contributed by atoms with Crippen molar-refractivity contribution in [3.8, 4) is 22.3 Å². The molecule has 4 aliphatic heterocycles. The van der Waals surface area contributed by atoms with Crippen molar-refractivity contribution < 1.29 is 57.3 Å². The van der Waals surface area contributed by atoms with Crippen molar-refractivity contribution >= 4 is 41.0 Å². The van der Waals surface area contributed by atoms with Crippen LogP contribution in [0.5, 0.6) is 0 Å². The van der Waals surface area contributed by atoms with Crippen LogP contribution in [0.4, 0.5) is 29.7 Å². The van der Waals surface area contributed by atoms with E-state index in [1.807, 2.05) is 0 Å². The number of benzene rings is 2. The number of hydrogen-bond donors (Lipinski definition) is 2. The lowest BCUT2D eigenvalue weighted by Crippen LogP contribution is -2.26. The van der Waals surface area contributed by atoms with Gasteiger partial charge in [0.15, 0.2) is 6.10 Å². The molecule has 2 N–H and O–H groups in total. The summed E-state index contributed by atoms with van der Waals surface area (Å²) in [5.41, 5.74) is 5.02. The molecule has 8 heterocycles. The highest BCUT2D eigenvalue weighted by atomic mass is 19.1. The number of carboxylic acid groups (broad SMARTS) is 1. The molecule has 0 aliphatic carbocycles. The third-order valence-electron chi connectivity index (χ3n) is 11.7. The minimum Gasteiger partial charge on any atom is -0.481 e. The fourth-order valence-electron chi connectivity index (χ4n) is 8.13. The number of cyclic esters (lactones) is 2. The van der Waals surface area contributed by atoms with E-state index in [2.05, 4.69) is 40.9 Å². The number of carboxylic acids is 1. The number of methoxy groups -OCH3 is 1. The van der Waals surface area contributed by atoms with Gasteiger partial charge in [-0.25, -0.2) is 27.7 Å². The minimum atomic E-state index is -0.951. The van der Waals surface area contributed by atoms with Crippen LogP contribution in [0.15, 0.2) is 108 Å². The van der Waals surface area contributed by atoms with Crippen molar-refractivity contribution in [3.63, 3.8) is 0 Å². The van der Waals surface area contributed by atoms with Crippen LogP contribution in [0, 0.1) is 17.6 Å². The molecule has 22 nitrogen and oxygen atoms in total. The first kappa shape index (κ1) is 46.8. The molecule has 2 amide bonds. The van der Waals surface area contributed by atoms with Gasteiger partial charge < -0.3 is 34.1 Å². The van der Waals surface area contributed by atoms with Crippen molar-refractivity contribution in [3.05, 3.63) is 121 Å². The quantitative estimate of drug-likeness (QED) is 0.133. The molecule has 2 aromatic carbocycles. The number of ether oxygens (including phenoxy) is 3. The lowest BCUT2D eigenvalue weighted by molar-refractivity contribution is -0.145. The minimum absolute atomic E-state index is 0.0876. The molecule has 0 radical (unpaired) electrons. The van der Waals surface area contributed by atoms with Gasteiger partial charge >= 0.3 is 18.2 Å². The molecule has 0 bridgehead atoms. The molecule has 24 heteroatoms. The number of carbonyl (C=O) groups excluding carboxylic acids is 2. The van der Waals surface area contributed by atoms with Crippen LogP contribution in [-0.4, -0.2) is 138 Å². The molecule has 5 atom stereocenters. The number of pyridine rings is 2. The van der Waals surface area contributed by atoms with Crippen LogP contribution in [-0.2, 0) is 41.8 Å². The molecule has 70 heavy (non-hydrogen) atoms. The Balaban J connectivity index is 0.000000176. The van der Waals surface area contributed by atoms with Gasteiger partial charge in [-0.2, -0.15) is 0 Å². The lowest BCUT2D eigenvalue weighted by atomic mass is 9.98. The van der Waals surface area contributed by atoms with Crippen LogP contribution in [0.1, 0.15) is 30.7 Å². The molecular weight excluding hydrogens is 919 g/mol. The van der Waals surface area contributed by atoms with E-state index in [0.717, 1.165) is 0 Å². The van der Waals surface area contributed by atoms with Gasteiger partial charge in [0.25, 0.3) is 0 Å². The first-order valence-electron chi connectivity index (χ1n) is 22.0. The third-order valence-corrected chi connectivity index (χ3v) is 11.7. The molecular formula is C46H44F2N12O10. The average molecular weight is 963 g/mol. The van der Waals surface area contributed by atoms with E-state index in [1.54, 1.807) is 82.7 Å². The Morgan fingerprint density at radius 3 is 1.63 bits per heavy atom. The maximum Gasteiger partial charge on any atom is 0.414 e. The van der Waals surface area contributed by atoms with Crippen LogP contribution < -0.4 is 9.80 Å². The number of aromatic nitrogens is 8. The topological polar surface area (TPSA) is 256 Å². The second kappa shape index (κ2) is 20.9. The highest BCUT2D eigenvalue weighted by Crippen LogP contribution is 2.32. The summed E-state index contributed by atoms with van der Waals surface area (Å²) in [5.74, 6) is -2.63. The zero-order valence-corrected chi connectivity index (χ0v) is 37.3. The van der Waals surface area contributed by atoms with Crippen molar-refractivity contribution in [1.29, 1.82) is 0 Å². The normalized spacial score (nSPS) is 19.9. The maximum absolute atomic E-state index is 15.1.